The van der Waals surface area contributed by atoms with Gasteiger partial charge in [-0.15, -0.1) is 0 Å². The van der Waals surface area contributed by atoms with Crippen molar-refractivity contribution in [3.63, 3.8) is 0 Å². The van der Waals surface area contributed by atoms with E-state index in [0.717, 1.165) is 18.2 Å². The van der Waals surface area contributed by atoms with E-state index in [1.165, 1.54) is 18.5 Å². The summed E-state index contributed by atoms with van der Waals surface area (Å²) in [6.45, 7) is 3.45. The van der Waals surface area contributed by atoms with Gasteiger partial charge in [-0.25, -0.2) is 9.97 Å². The highest BCUT2D eigenvalue weighted by Gasteiger charge is 2.26. The molecule has 1 aliphatic carbocycles. The van der Waals surface area contributed by atoms with Crippen LogP contribution in [0.15, 0.2) is 6.07 Å². The van der Waals surface area contributed by atoms with Crippen LogP contribution in [0, 0.1) is 6.92 Å². The van der Waals surface area contributed by atoms with Gasteiger partial charge in [0, 0.05) is 37.4 Å². The molecule has 0 amide bonds. The van der Waals surface area contributed by atoms with Crippen molar-refractivity contribution < 1.29 is 0 Å². The minimum atomic E-state index is 0.632. The second-order valence-electron chi connectivity index (χ2n) is 4.22. The zero-order valence-corrected chi connectivity index (χ0v) is 9.40. The third-order valence-corrected chi connectivity index (χ3v) is 2.66. The van der Waals surface area contributed by atoms with Crippen LogP contribution >= 0.6 is 0 Å². The molecule has 2 rings (SSSR count). The van der Waals surface area contributed by atoms with Gasteiger partial charge >= 0.3 is 0 Å². The Bertz CT molecular complexity index is 346. The lowest BCUT2D eigenvalue weighted by Gasteiger charge is -2.16. The van der Waals surface area contributed by atoms with Gasteiger partial charge in [-0.2, -0.15) is 0 Å². The molecule has 0 aromatic carbocycles. The first-order valence-electron chi connectivity index (χ1n) is 5.47. The van der Waals surface area contributed by atoms with Gasteiger partial charge in [0.15, 0.2) is 0 Å². The average molecular weight is 206 g/mol. The maximum absolute atomic E-state index is 5.52. The van der Waals surface area contributed by atoms with E-state index in [2.05, 4.69) is 16.0 Å². The van der Waals surface area contributed by atoms with Crippen molar-refractivity contribution in [2.24, 2.45) is 5.73 Å². The van der Waals surface area contributed by atoms with E-state index < -0.39 is 0 Å². The molecular weight excluding hydrogens is 188 g/mol. The van der Waals surface area contributed by atoms with Crippen LogP contribution in [0.25, 0.3) is 0 Å². The molecule has 1 aromatic rings. The number of aryl methyl sites for hydroxylation is 1. The SMILES string of the molecule is Cc1cc(C2CC2)nc(N(C)CCN)n1. The molecule has 4 heteroatoms. The van der Waals surface area contributed by atoms with Gasteiger partial charge in [0.2, 0.25) is 5.95 Å². The summed E-state index contributed by atoms with van der Waals surface area (Å²) in [6, 6.07) is 2.09. The third kappa shape index (κ3) is 2.45. The maximum atomic E-state index is 5.52. The van der Waals surface area contributed by atoms with E-state index in [-0.39, 0.29) is 0 Å². The first kappa shape index (κ1) is 10.4. The molecule has 0 radical (unpaired) electrons. The Balaban J connectivity index is 2.22. The predicted molar refractivity (Wildman–Crippen MR) is 61.1 cm³/mol. The van der Waals surface area contributed by atoms with Crippen LogP contribution in [-0.4, -0.2) is 30.1 Å². The van der Waals surface area contributed by atoms with E-state index in [1.807, 2.05) is 18.9 Å². The Morgan fingerprint density at radius 2 is 2.20 bits per heavy atom. The van der Waals surface area contributed by atoms with Gasteiger partial charge in [-0.1, -0.05) is 0 Å². The Labute approximate surface area is 90.5 Å². The molecule has 15 heavy (non-hydrogen) atoms. The van der Waals surface area contributed by atoms with Crippen LogP contribution in [0.3, 0.4) is 0 Å². The maximum Gasteiger partial charge on any atom is 0.225 e. The number of hydrogen-bond donors (Lipinski definition) is 1. The smallest absolute Gasteiger partial charge is 0.225 e. The summed E-state index contributed by atoms with van der Waals surface area (Å²) in [6.07, 6.45) is 2.55. The largest absolute Gasteiger partial charge is 0.343 e. The number of nitrogens with two attached hydrogens (primary N) is 1. The Morgan fingerprint density at radius 1 is 1.47 bits per heavy atom. The average Bonchev–Trinajstić information content (AvgIpc) is 3.00. The number of rotatable bonds is 4. The highest BCUT2D eigenvalue weighted by Crippen LogP contribution is 2.39. The van der Waals surface area contributed by atoms with Gasteiger partial charge in [0.25, 0.3) is 0 Å². The van der Waals surface area contributed by atoms with E-state index in [4.69, 9.17) is 5.73 Å². The summed E-state index contributed by atoms with van der Waals surface area (Å²) >= 11 is 0. The normalized spacial score (nSPS) is 15.4. The first-order chi connectivity index (χ1) is 7.20. The Kier molecular flexibility index (Phi) is 2.86. The van der Waals surface area contributed by atoms with Crippen molar-refractivity contribution in [1.82, 2.24) is 9.97 Å². The van der Waals surface area contributed by atoms with Gasteiger partial charge in [0.1, 0.15) is 0 Å². The zero-order chi connectivity index (χ0) is 10.8. The molecule has 82 valence electrons. The summed E-state index contributed by atoms with van der Waals surface area (Å²) in [7, 11) is 1.98. The van der Waals surface area contributed by atoms with Crippen LogP contribution in [0.1, 0.15) is 30.1 Å². The molecule has 1 aromatic heterocycles. The van der Waals surface area contributed by atoms with Crippen LogP contribution in [-0.2, 0) is 0 Å². The zero-order valence-electron chi connectivity index (χ0n) is 9.40. The molecule has 0 unspecified atom stereocenters. The van der Waals surface area contributed by atoms with Crippen LogP contribution in [0.2, 0.25) is 0 Å². The molecule has 0 spiro atoms. The molecule has 0 saturated heterocycles. The van der Waals surface area contributed by atoms with Crippen LogP contribution in [0.4, 0.5) is 5.95 Å². The van der Waals surface area contributed by atoms with Crippen molar-refractivity contribution >= 4 is 5.95 Å². The topological polar surface area (TPSA) is 55.0 Å². The molecule has 1 fully saturated rings. The van der Waals surface area contributed by atoms with E-state index in [9.17, 15) is 0 Å². The lowest BCUT2D eigenvalue weighted by Crippen LogP contribution is -2.27. The van der Waals surface area contributed by atoms with Gasteiger partial charge < -0.3 is 10.6 Å². The number of aromatic nitrogens is 2. The van der Waals surface area contributed by atoms with Crippen molar-refractivity contribution in [2.45, 2.75) is 25.7 Å². The molecule has 0 aliphatic heterocycles. The standard InChI is InChI=1S/C11H18N4/c1-8-7-10(9-3-4-9)14-11(13-8)15(2)6-5-12/h7,9H,3-6,12H2,1-2H3. The second kappa shape index (κ2) is 4.14. The molecule has 1 heterocycles. The van der Waals surface area contributed by atoms with Crippen LogP contribution in [0.5, 0.6) is 0 Å². The summed E-state index contributed by atoms with van der Waals surface area (Å²) in [5.74, 6) is 1.49. The van der Waals surface area contributed by atoms with E-state index in [1.54, 1.807) is 0 Å². The number of anilines is 1. The Hall–Kier alpha value is -1.16. The fourth-order valence-electron chi connectivity index (χ4n) is 1.63. The third-order valence-electron chi connectivity index (χ3n) is 2.66. The highest BCUT2D eigenvalue weighted by molar-refractivity contribution is 5.33. The monoisotopic (exact) mass is 206 g/mol. The fraction of sp³-hybridized carbons (Fsp3) is 0.636. The van der Waals surface area contributed by atoms with Gasteiger partial charge in [0.05, 0.1) is 0 Å². The summed E-state index contributed by atoms with van der Waals surface area (Å²) in [4.78, 5) is 11.0. The molecular formula is C11H18N4. The van der Waals surface area contributed by atoms with Gasteiger partial charge in [-0.3, -0.25) is 0 Å². The summed E-state index contributed by atoms with van der Waals surface area (Å²) in [5, 5.41) is 0. The molecule has 1 aliphatic rings. The first-order valence-corrected chi connectivity index (χ1v) is 5.47. The molecule has 1 saturated carbocycles. The van der Waals surface area contributed by atoms with Crippen molar-refractivity contribution in [3.8, 4) is 0 Å². The summed E-state index contributed by atoms with van der Waals surface area (Å²) in [5.41, 5.74) is 7.76. The van der Waals surface area contributed by atoms with Crippen molar-refractivity contribution in [2.75, 3.05) is 25.0 Å². The molecule has 2 N–H and O–H groups in total. The van der Waals surface area contributed by atoms with Crippen molar-refractivity contribution in [3.05, 3.63) is 17.5 Å². The van der Waals surface area contributed by atoms with E-state index in [0.29, 0.717) is 12.5 Å². The molecule has 4 nitrogen and oxygen atoms in total. The van der Waals surface area contributed by atoms with Crippen LogP contribution < -0.4 is 10.6 Å². The van der Waals surface area contributed by atoms with E-state index >= 15 is 0 Å². The number of likely N-dealkylation sites (N-methyl/N-ethyl adjacent to an activating group) is 1. The minimum Gasteiger partial charge on any atom is -0.343 e. The lowest BCUT2D eigenvalue weighted by atomic mass is 10.2. The lowest BCUT2D eigenvalue weighted by molar-refractivity contribution is 0.826. The van der Waals surface area contributed by atoms with Crippen molar-refractivity contribution in [1.29, 1.82) is 0 Å². The number of hydrogen-bond acceptors (Lipinski definition) is 4. The quantitative estimate of drug-likeness (QED) is 0.800. The molecule has 0 atom stereocenters. The second-order valence-corrected chi connectivity index (χ2v) is 4.22. The minimum absolute atomic E-state index is 0.632. The fourth-order valence-corrected chi connectivity index (χ4v) is 1.63. The Morgan fingerprint density at radius 3 is 2.80 bits per heavy atom. The highest BCUT2D eigenvalue weighted by atomic mass is 15.2. The predicted octanol–water partition coefficient (Wildman–Crippen LogP) is 1.06. The number of nitrogens with zero attached hydrogens (tertiary/aromatic N) is 3. The summed E-state index contributed by atoms with van der Waals surface area (Å²) < 4.78 is 0. The molecule has 0 bridgehead atoms. The van der Waals surface area contributed by atoms with Gasteiger partial charge in [-0.05, 0) is 25.8 Å².